The van der Waals surface area contributed by atoms with E-state index >= 15 is 0 Å². The van der Waals surface area contributed by atoms with E-state index in [1.807, 2.05) is 6.07 Å². The molecule has 2 fully saturated rings. The van der Waals surface area contributed by atoms with Crippen LogP contribution in [0.2, 0.25) is 0 Å². The van der Waals surface area contributed by atoms with Gasteiger partial charge >= 0.3 is 0 Å². The van der Waals surface area contributed by atoms with Crippen molar-refractivity contribution in [2.24, 2.45) is 23.5 Å². The quantitative estimate of drug-likeness (QED) is 0.400. The van der Waals surface area contributed by atoms with Gasteiger partial charge in [0, 0.05) is 24.5 Å². The van der Waals surface area contributed by atoms with Gasteiger partial charge in [0.15, 0.2) is 11.4 Å². The van der Waals surface area contributed by atoms with Crippen LogP contribution in [0.5, 0.6) is 0 Å². The molecule has 2 amide bonds. The van der Waals surface area contributed by atoms with Crippen LogP contribution in [-0.4, -0.2) is 38.1 Å². The highest BCUT2D eigenvalue weighted by Crippen LogP contribution is 2.36. The van der Waals surface area contributed by atoms with Gasteiger partial charge in [0.05, 0.1) is 11.7 Å². The summed E-state index contributed by atoms with van der Waals surface area (Å²) in [7, 11) is 0. The molecule has 0 aromatic carbocycles. The van der Waals surface area contributed by atoms with Crippen molar-refractivity contribution in [2.75, 3.05) is 17.2 Å². The van der Waals surface area contributed by atoms with E-state index in [1.54, 1.807) is 23.1 Å². The SMILES string of the molecule is CC(C)[C@H]1CC[C@H](n2cc(NC(=O)c3coc(-c4ccnc(NCC5CC5)c4)n3)c(C(N)=O)n2)CC1. The van der Waals surface area contributed by atoms with Gasteiger partial charge < -0.3 is 20.8 Å². The van der Waals surface area contributed by atoms with E-state index in [1.165, 1.54) is 19.1 Å². The summed E-state index contributed by atoms with van der Waals surface area (Å²) in [5.74, 6) is 1.94. The second kappa shape index (κ2) is 10.1. The van der Waals surface area contributed by atoms with Crippen LogP contribution in [0.25, 0.3) is 11.5 Å². The molecule has 0 aliphatic heterocycles. The smallest absolute Gasteiger partial charge is 0.277 e. The minimum Gasteiger partial charge on any atom is -0.444 e. The van der Waals surface area contributed by atoms with E-state index in [0.29, 0.717) is 23.3 Å². The van der Waals surface area contributed by atoms with Gasteiger partial charge in [-0.2, -0.15) is 5.10 Å². The molecule has 2 aliphatic rings. The summed E-state index contributed by atoms with van der Waals surface area (Å²) in [5, 5.41) is 10.5. The second-order valence-corrected chi connectivity index (χ2v) is 10.3. The standard InChI is InChI=1S/C26H33N7O3/c1-15(2)17-5-7-19(8-6-17)33-13-20(23(32-33)24(27)34)30-25(35)21-14-36-26(31-21)18-9-10-28-22(11-18)29-12-16-3-4-16/h9-11,13-17,19H,3-8,12H2,1-2H3,(H2,27,34)(H,28,29)(H,30,35)/t17-,19-. The maximum atomic E-state index is 12.9. The Balaban J connectivity index is 1.27. The molecular weight excluding hydrogens is 458 g/mol. The molecule has 0 radical (unpaired) electrons. The maximum Gasteiger partial charge on any atom is 0.277 e. The number of hydrogen-bond acceptors (Lipinski definition) is 7. The fraction of sp³-hybridized carbons (Fsp3) is 0.500. The Kier molecular flexibility index (Phi) is 6.75. The van der Waals surface area contributed by atoms with E-state index in [2.05, 4.69) is 39.5 Å². The zero-order valence-corrected chi connectivity index (χ0v) is 20.7. The van der Waals surface area contributed by atoms with Crippen LogP contribution in [0.1, 0.15) is 79.4 Å². The molecule has 0 saturated heterocycles. The maximum absolute atomic E-state index is 12.9. The molecule has 2 aliphatic carbocycles. The average Bonchev–Trinajstić information content (AvgIpc) is 3.39. The highest BCUT2D eigenvalue weighted by Gasteiger charge is 2.27. The first-order valence-electron chi connectivity index (χ1n) is 12.7. The number of nitrogens with zero attached hydrogens (tertiary/aromatic N) is 4. The van der Waals surface area contributed by atoms with Crippen LogP contribution in [-0.2, 0) is 0 Å². The predicted molar refractivity (Wildman–Crippen MR) is 135 cm³/mol. The summed E-state index contributed by atoms with van der Waals surface area (Å²) in [6.07, 6.45) is 11.4. The lowest BCUT2D eigenvalue weighted by Crippen LogP contribution is -2.22. The van der Waals surface area contributed by atoms with Crippen molar-refractivity contribution < 1.29 is 14.0 Å². The molecule has 190 valence electrons. The van der Waals surface area contributed by atoms with Gasteiger partial charge in [0.2, 0.25) is 5.89 Å². The van der Waals surface area contributed by atoms with Crippen molar-refractivity contribution in [3.05, 3.63) is 42.2 Å². The lowest BCUT2D eigenvalue weighted by Gasteiger charge is -2.30. The first-order valence-corrected chi connectivity index (χ1v) is 12.7. The first kappa shape index (κ1) is 24.0. The Morgan fingerprint density at radius 1 is 1.19 bits per heavy atom. The predicted octanol–water partition coefficient (Wildman–Crippen LogP) is 4.49. The minimum atomic E-state index is -0.691. The van der Waals surface area contributed by atoms with Crippen molar-refractivity contribution in [3.63, 3.8) is 0 Å². The van der Waals surface area contributed by atoms with E-state index in [-0.39, 0.29) is 23.1 Å². The van der Waals surface area contributed by atoms with Crippen LogP contribution in [0.3, 0.4) is 0 Å². The van der Waals surface area contributed by atoms with Gasteiger partial charge in [-0.1, -0.05) is 13.8 Å². The van der Waals surface area contributed by atoms with Gasteiger partial charge in [0.25, 0.3) is 11.8 Å². The van der Waals surface area contributed by atoms with E-state index in [0.717, 1.165) is 44.0 Å². The monoisotopic (exact) mass is 491 g/mol. The molecule has 4 N–H and O–H groups in total. The number of aromatic nitrogens is 4. The molecule has 0 unspecified atom stereocenters. The fourth-order valence-corrected chi connectivity index (χ4v) is 4.81. The number of pyridine rings is 1. The van der Waals surface area contributed by atoms with Crippen molar-refractivity contribution in [1.82, 2.24) is 19.7 Å². The number of rotatable bonds is 9. The van der Waals surface area contributed by atoms with Crippen LogP contribution in [0.15, 0.2) is 35.2 Å². The Hall–Kier alpha value is -3.69. The third kappa shape index (κ3) is 5.42. The van der Waals surface area contributed by atoms with Gasteiger partial charge in [-0.15, -0.1) is 0 Å². The molecule has 2 saturated carbocycles. The third-order valence-electron chi connectivity index (χ3n) is 7.28. The minimum absolute atomic E-state index is 0.0403. The number of oxazole rings is 1. The van der Waals surface area contributed by atoms with Gasteiger partial charge in [-0.3, -0.25) is 14.3 Å². The molecule has 0 bridgehead atoms. The van der Waals surface area contributed by atoms with Crippen molar-refractivity contribution in [3.8, 4) is 11.5 Å². The topological polar surface area (TPSA) is 141 Å². The average molecular weight is 492 g/mol. The van der Waals surface area contributed by atoms with E-state index < -0.39 is 11.8 Å². The Morgan fingerprint density at radius 2 is 1.97 bits per heavy atom. The number of carbonyl (C=O) groups excluding carboxylic acids is 2. The van der Waals surface area contributed by atoms with Crippen molar-refractivity contribution in [2.45, 2.75) is 58.4 Å². The zero-order chi connectivity index (χ0) is 25.2. The molecule has 36 heavy (non-hydrogen) atoms. The fourth-order valence-electron chi connectivity index (χ4n) is 4.81. The van der Waals surface area contributed by atoms with Crippen LogP contribution in [0, 0.1) is 17.8 Å². The first-order chi connectivity index (χ1) is 17.4. The Bertz CT molecular complexity index is 1240. The van der Waals surface area contributed by atoms with Crippen LogP contribution >= 0.6 is 0 Å². The second-order valence-electron chi connectivity index (χ2n) is 10.3. The molecule has 10 nitrogen and oxygen atoms in total. The number of carbonyl (C=O) groups is 2. The molecule has 10 heteroatoms. The Labute approximate surface area is 210 Å². The number of nitrogens with one attached hydrogen (secondary N) is 2. The van der Waals surface area contributed by atoms with Gasteiger partial charge in [-0.05, 0) is 68.4 Å². The highest BCUT2D eigenvalue weighted by molar-refractivity contribution is 6.07. The largest absolute Gasteiger partial charge is 0.444 e. The molecule has 5 rings (SSSR count). The summed E-state index contributed by atoms with van der Waals surface area (Å²) in [4.78, 5) is 33.7. The summed E-state index contributed by atoms with van der Waals surface area (Å²) >= 11 is 0. The van der Waals surface area contributed by atoms with Gasteiger partial charge in [-0.25, -0.2) is 9.97 Å². The number of primary amides is 1. The van der Waals surface area contributed by atoms with Crippen LogP contribution in [0.4, 0.5) is 11.5 Å². The summed E-state index contributed by atoms with van der Waals surface area (Å²) in [5.41, 5.74) is 6.69. The number of hydrogen-bond donors (Lipinski definition) is 3. The molecule has 3 heterocycles. The van der Waals surface area contributed by atoms with E-state index in [9.17, 15) is 9.59 Å². The number of anilines is 2. The highest BCUT2D eigenvalue weighted by atomic mass is 16.3. The lowest BCUT2D eigenvalue weighted by atomic mass is 9.80. The molecule has 3 aromatic rings. The normalized spacial score (nSPS) is 19.9. The van der Waals surface area contributed by atoms with Crippen LogP contribution < -0.4 is 16.4 Å². The zero-order valence-electron chi connectivity index (χ0n) is 20.7. The lowest BCUT2D eigenvalue weighted by molar-refractivity contribution is 0.0994. The Morgan fingerprint density at radius 3 is 2.67 bits per heavy atom. The summed E-state index contributed by atoms with van der Waals surface area (Å²) < 4.78 is 7.34. The third-order valence-corrected chi connectivity index (χ3v) is 7.28. The molecular formula is C26H33N7O3. The van der Waals surface area contributed by atoms with Crippen molar-refractivity contribution in [1.29, 1.82) is 0 Å². The molecule has 3 aromatic heterocycles. The molecule has 0 atom stereocenters. The molecule has 0 spiro atoms. The summed E-state index contributed by atoms with van der Waals surface area (Å²) in [6.45, 7) is 5.41. The number of nitrogens with two attached hydrogens (primary N) is 1. The van der Waals surface area contributed by atoms with Crippen molar-refractivity contribution >= 4 is 23.3 Å². The van der Waals surface area contributed by atoms with E-state index in [4.69, 9.17) is 10.2 Å². The van der Waals surface area contributed by atoms with Gasteiger partial charge in [0.1, 0.15) is 12.1 Å². The number of amides is 2. The summed E-state index contributed by atoms with van der Waals surface area (Å²) in [6, 6.07) is 3.80.